The third-order valence-corrected chi connectivity index (χ3v) is 12.1. The third-order valence-electron chi connectivity index (χ3n) is 8.55. The van der Waals surface area contributed by atoms with Crippen molar-refractivity contribution in [1.82, 2.24) is 0 Å². The van der Waals surface area contributed by atoms with Gasteiger partial charge in [-0.1, -0.05) is 98.0 Å². The molecule has 1 aliphatic carbocycles. The average Bonchev–Trinajstić information content (AvgIpc) is 3.40. The third kappa shape index (κ3) is 2.87. The van der Waals surface area contributed by atoms with Gasteiger partial charge in [0.2, 0.25) is 0 Å². The van der Waals surface area contributed by atoms with Crippen molar-refractivity contribution in [3.05, 3.63) is 127 Å². The van der Waals surface area contributed by atoms with E-state index in [1.807, 2.05) is 0 Å². The molecule has 0 N–H and O–H groups in total. The Kier molecular flexibility index (Phi) is 4.45. The zero-order chi connectivity index (χ0) is 25.4. The van der Waals surface area contributed by atoms with E-state index in [1.54, 1.807) is 5.19 Å². The Hall–Kier alpha value is -4.40. The van der Waals surface area contributed by atoms with Crippen molar-refractivity contribution in [3.63, 3.8) is 0 Å². The van der Waals surface area contributed by atoms with E-state index in [2.05, 4.69) is 145 Å². The Morgan fingerprint density at radius 2 is 1.05 bits per heavy atom. The molecule has 0 bridgehead atoms. The summed E-state index contributed by atoms with van der Waals surface area (Å²) >= 11 is 0. The molecule has 0 amide bonds. The van der Waals surface area contributed by atoms with Gasteiger partial charge < -0.3 is 4.90 Å². The largest absolute Gasteiger partial charge is 0.311 e. The summed E-state index contributed by atoms with van der Waals surface area (Å²) in [6.07, 6.45) is 0. The van der Waals surface area contributed by atoms with Crippen LogP contribution in [0.25, 0.3) is 44.2 Å². The molecular formula is C36H27NSi. The van der Waals surface area contributed by atoms with Crippen LogP contribution in [0.4, 0.5) is 17.1 Å². The standard InChI is InChI=1S/C36H27NSi/c1-38(2)34-22-26(37(24-12-5-3-6-13-24)25-14-7-4-8-15-25)20-21-29(34)33-23-32-28-17-10-9-16-27(28)30-18-11-19-31(35(30)32)36(33)38/h3-23H,1-2H3. The number of anilines is 3. The highest BCUT2D eigenvalue weighted by Gasteiger charge is 2.41. The first kappa shape index (κ1) is 21.7. The van der Waals surface area contributed by atoms with Crippen LogP contribution in [0, 0.1) is 0 Å². The maximum atomic E-state index is 2.54. The Labute approximate surface area is 224 Å². The summed E-state index contributed by atoms with van der Waals surface area (Å²) in [5, 5.41) is 6.00. The molecule has 0 spiro atoms. The van der Waals surface area contributed by atoms with Gasteiger partial charge in [-0.2, -0.15) is 0 Å². The fraction of sp³-hybridized carbons (Fsp3) is 0.0556. The summed E-state index contributed by atoms with van der Waals surface area (Å²) in [7, 11) is -1.97. The second-order valence-electron chi connectivity index (χ2n) is 11.0. The van der Waals surface area contributed by atoms with E-state index < -0.39 is 8.07 Å². The number of benzene rings is 6. The second-order valence-corrected chi connectivity index (χ2v) is 15.3. The van der Waals surface area contributed by atoms with Crippen LogP contribution < -0.4 is 15.3 Å². The van der Waals surface area contributed by atoms with Crippen molar-refractivity contribution in [2.75, 3.05) is 4.90 Å². The lowest BCUT2D eigenvalue weighted by Crippen LogP contribution is -2.49. The first-order chi connectivity index (χ1) is 18.6. The molecule has 1 aliphatic heterocycles. The fourth-order valence-electron chi connectivity index (χ4n) is 6.92. The molecule has 2 heteroatoms. The number of hydrogen-bond acceptors (Lipinski definition) is 1. The van der Waals surface area contributed by atoms with Crippen molar-refractivity contribution in [2.45, 2.75) is 13.1 Å². The van der Waals surface area contributed by atoms with Gasteiger partial charge in [0.25, 0.3) is 0 Å². The van der Waals surface area contributed by atoms with Gasteiger partial charge in [-0.05, 0) is 97.0 Å². The van der Waals surface area contributed by atoms with E-state index in [-0.39, 0.29) is 0 Å². The number of nitrogens with zero attached hydrogens (tertiary/aromatic N) is 1. The quantitative estimate of drug-likeness (QED) is 0.219. The molecule has 8 rings (SSSR count). The van der Waals surface area contributed by atoms with Crippen LogP contribution in [-0.2, 0) is 0 Å². The van der Waals surface area contributed by atoms with Crippen LogP contribution in [0.2, 0.25) is 13.1 Å². The van der Waals surface area contributed by atoms with Crippen molar-refractivity contribution >= 4 is 46.3 Å². The van der Waals surface area contributed by atoms with Crippen LogP contribution in [-0.4, -0.2) is 8.07 Å². The van der Waals surface area contributed by atoms with Crippen molar-refractivity contribution in [1.29, 1.82) is 0 Å². The summed E-state index contributed by atoms with van der Waals surface area (Å²) in [5.74, 6) is 0. The SMILES string of the molecule is C[Si]1(C)c2cc(N(c3ccccc3)c3ccccc3)ccc2-c2cc3c4c(cccc4c21)-c1ccccc1-3. The number of hydrogen-bond donors (Lipinski definition) is 0. The number of para-hydroxylation sites is 2. The minimum absolute atomic E-state index is 1.18. The number of rotatable bonds is 3. The van der Waals surface area contributed by atoms with Gasteiger partial charge >= 0.3 is 0 Å². The molecule has 1 heterocycles. The molecule has 0 saturated carbocycles. The molecule has 38 heavy (non-hydrogen) atoms. The Morgan fingerprint density at radius 1 is 0.447 bits per heavy atom. The zero-order valence-electron chi connectivity index (χ0n) is 21.6. The molecule has 0 saturated heterocycles. The molecule has 1 nitrogen and oxygen atoms in total. The van der Waals surface area contributed by atoms with Crippen LogP contribution in [0.3, 0.4) is 0 Å². The van der Waals surface area contributed by atoms with Gasteiger partial charge in [-0.3, -0.25) is 0 Å². The van der Waals surface area contributed by atoms with Gasteiger partial charge in [0.05, 0.1) is 0 Å². The Morgan fingerprint density at radius 3 is 1.74 bits per heavy atom. The predicted molar refractivity (Wildman–Crippen MR) is 165 cm³/mol. The van der Waals surface area contributed by atoms with E-state index in [4.69, 9.17) is 0 Å². The lowest BCUT2D eigenvalue weighted by molar-refractivity contribution is 1.29. The maximum absolute atomic E-state index is 2.54. The summed E-state index contributed by atoms with van der Waals surface area (Å²) in [5.41, 5.74) is 11.9. The molecule has 6 aromatic rings. The predicted octanol–water partition coefficient (Wildman–Crippen LogP) is 8.76. The smallest absolute Gasteiger partial charge is 0.114 e. The minimum atomic E-state index is -1.97. The first-order valence-corrected chi connectivity index (χ1v) is 16.4. The lowest BCUT2D eigenvalue weighted by atomic mass is 9.96. The summed E-state index contributed by atoms with van der Waals surface area (Å²) in [6, 6.07) is 46.9. The van der Waals surface area contributed by atoms with Crippen LogP contribution >= 0.6 is 0 Å². The van der Waals surface area contributed by atoms with Gasteiger partial charge in [0, 0.05) is 17.1 Å². The van der Waals surface area contributed by atoms with Crippen molar-refractivity contribution in [3.8, 4) is 33.4 Å². The highest BCUT2D eigenvalue weighted by atomic mass is 28.3. The first-order valence-electron chi connectivity index (χ1n) is 13.4. The topological polar surface area (TPSA) is 3.24 Å². The molecule has 0 unspecified atom stereocenters. The Balaban J connectivity index is 1.37. The second kappa shape index (κ2) is 7.80. The molecule has 6 aromatic carbocycles. The van der Waals surface area contributed by atoms with Gasteiger partial charge in [-0.15, -0.1) is 0 Å². The fourth-order valence-corrected chi connectivity index (χ4v) is 10.4. The zero-order valence-corrected chi connectivity index (χ0v) is 22.6. The molecule has 0 radical (unpaired) electrons. The van der Waals surface area contributed by atoms with Gasteiger partial charge in [0.1, 0.15) is 8.07 Å². The molecule has 0 atom stereocenters. The monoisotopic (exact) mass is 501 g/mol. The van der Waals surface area contributed by atoms with Crippen LogP contribution in [0.15, 0.2) is 127 Å². The maximum Gasteiger partial charge on any atom is 0.114 e. The molecular weight excluding hydrogens is 474 g/mol. The van der Waals surface area contributed by atoms with E-state index in [1.165, 1.54) is 66.4 Å². The minimum Gasteiger partial charge on any atom is -0.311 e. The van der Waals surface area contributed by atoms with E-state index in [0.29, 0.717) is 0 Å². The molecule has 0 fully saturated rings. The van der Waals surface area contributed by atoms with Crippen molar-refractivity contribution < 1.29 is 0 Å². The molecule has 0 aromatic heterocycles. The van der Waals surface area contributed by atoms with Gasteiger partial charge in [-0.25, -0.2) is 0 Å². The summed E-state index contributed by atoms with van der Waals surface area (Å²) < 4.78 is 0. The highest BCUT2D eigenvalue weighted by Crippen LogP contribution is 2.49. The lowest BCUT2D eigenvalue weighted by Gasteiger charge is -2.27. The van der Waals surface area contributed by atoms with E-state index in [0.717, 1.165) is 0 Å². The highest BCUT2D eigenvalue weighted by molar-refractivity contribution is 7.05. The normalized spacial score (nSPS) is 13.7. The molecule has 180 valence electrons. The van der Waals surface area contributed by atoms with E-state index >= 15 is 0 Å². The van der Waals surface area contributed by atoms with Crippen LogP contribution in [0.1, 0.15) is 0 Å². The Bertz CT molecular complexity index is 1850. The van der Waals surface area contributed by atoms with Crippen molar-refractivity contribution in [2.24, 2.45) is 0 Å². The summed E-state index contributed by atoms with van der Waals surface area (Å²) in [4.78, 5) is 2.38. The van der Waals surface area contributed by atoms with Crippen LogP contribution in [0.5, 0.6) is 0 Å². The molecule has 2 aliphatic rings. The van der Waals surface area contributed by atoms with Gasteiger partial charge in [0.15, 0.2) is 0 Å². The van der Waals surface area contributed by atoms with E-state index in [9.17, 15) is 0 Å². The number of fused-ring (bicyclic) bond motifs is 7. The summed E-state index contributed by atoms with van der Waals surface area (Å²) in [6.45, 7) is 5.07. The average molecular weight is 502 g/mol.